The van der Waals surface area contributed by atoms with Crippen LogP contribution >= 0.6 is 15.9 Å². The Balaban J connectivity index is 2.24. The Kier molecular flexibility index (Phi) is 5.98. The van der Waals surface area contributed by atoms with Gasteiger partial charge in [0.1, 0.15) is 5.75 Å². The maximum atomic E-state index is 12.5. The fourth-order valence-electron chi connectivity index (χ4n) is 2.13. The van der Waals surface area contributed by atoms with Gasteiger partial charge >= 0.3 is 0 Å². The lowest BCUT2D eigenvalue weighted by Gasteiger charge is -2.15. The highest BCUT2D eigenvalue weighted by Gasteiger charge is 2.16. The lowest BCUT2D eigenvalue weighted by atomic mass is 10.1. The average molecular weight is 391 g/mol. The molecule has 2 aromatic carbocycles. The van der Waals surface area contributed by atoms with Gasteiger partial charge in [0.25, 0.3) is 11.8 Å². The third-order valence-corrected chi connectivity index (χ3v) is 3.93. The molecule has 0 bridgehead atoms. The van der Waals surface area contributed by atoms with Crippen LogP contribution in [0.2, 0.25) is 0 Å². The Hall–Kier alpha value is -2.34. The number of nitrogens with zero attached hydrogens (tertiary/aromatic N) is 1. The zero-order valence-corrected chi connectivity index (χ0v) is 15.4. The van der Waals surface area contributed by atoms with Crippen LogP contribution < -0.4 is 10.1 Å². The number of nitrogens with one attached hydrogen (secondary N) is 1. The van der Waals surface area contributed by atoms with Crippen LogP contribution in [-0.4, -0.2) is 37.4 Å². The Morgan fingerprint density at radius 1 is 1.17 bits per heavy atom. The second kappa shape index (κ2) is 7.97. The number of para-hydroxylation sites is 1. The molecule has 0 spiro atoms. The van der Waals surface area contributed by atoms with Gasteiger partial charge in [-0.1, -0.05) is 12.1 Å². The van der Waals surface area contributed by atoms with Crippen LogP contribution in [0.15, 0.2) is 46.9 Å². The Labute approximate surface area is 149 Å². The summed E-state index contributed by atoms with van der Waals surface area (Å²) in [7, 11) is 3.34. The molecule has 1 N–H and O–H groups in total. The summed E-state index contributed by atoms with van der Waals surface area (Å²) in [4.78, 5) is 26.2. The molecule has 0 aliphatic rings. The lowest BCUT2D eigenvalue weighted by Crippen LogP contribution is -2.24. The minimum absolute atomic E-state index is 0.168. The smallest absolute Gasteiger partial charge is 0.255 e. The molecule has 126 valence electrons. The molecule has 5 nitrogen and oxygen atoms in total. The van der Waals surface area contributed by atoms with Crippen molar-refractivity contribution in [1.82, 2.24) is 4.90 Å². The van der Waals surface area contributed by atoms with Gasteiger partial charge in [-0.3, -0.25) is 9.59 Å². The minimum Gasteiger partial charge on any atom is -0.493 e. The molecule has 0 unspecified atom stereocenters. The highest BCUT2D eigenvalue weighted by Crippen LogP contribution is 2.26. The molecule has 24 heavy (non-hydrogen) atoms. The number of carbonyl (C=O) groups is 2. The van der Waals surface area contributed by atoms with Crippen LogP contribution in [0.4, 0.5) is 5.69 Å². The molecule has 2 aromatic rings. The molecular formula is C18H19BrN2O3. The van der Waals surface area contributed by atoms with Gasteiger partial charge in [0.2, 0.25) is 0 Å². The number of hydrogen-bond acceptors (Lipinski definition) is 3. The number of carbonyl (C=O) groups excluding carboxylic acids is 2. The maximum absolute atomic E-state index is 12.5. The van der Waals surface area contributed by atoms with Crippen LogP contribution in [0.25, 0.3) is 0 Å². The van der Waals surface area contributed by atoms with Crippen LogP contribution in [0.5, 0.6) is 5.75 Å². The first-order chi connectivity index (χ1) is 11.4. The second-order valence-corrected chi connectivity index (χ2v) is 6.13. The van der Waals surface area contributed by atoms with E-state index in [1.165, 1.54) is 4.90 Å². The highest BCUT2D eigenvalue weighted by atomic mass is 79.9. The van der Waals surface area contributed by atoms with Crippen LogP contribution in [-0.2, 0) is 0 Å². The number of rotatable bonds is 5. The normalized spacial score (nSPS) is 10.2. The van der Waals surface area contributed by atoms with Gasteiger partial charge in [0.05, 0.1) is 22.3 Å². The van der Waals surface area contributed by atoms with E-state index in [-0.39, 0.29) is 11.8 Å². The van der Waals surface area contributed by atoms with Crippen LogP contribution in [0, 0.1) is 0 Å². The van der Waals surface area contributed by atoms with E-state index in [0.717, 1.165) is 0 Å². The number of hydrogen-bond donors (Lipinski definition) is 1. The van der Waals surface area contributed by atoms with Crippen molar-refractivity contribution in [3.8, 4) is 5.75 Å². The van der Waals surface area contributed by atoms with Gasteiger partial charge in [-0.25, -0.2) is 0 Å². The van der Waals surface area contributed by atoms with Crippen molar-refractivity contribution in [3.05, 3.63) is 58.1 Å². The third-order valence-electron chi connectivity index (χ3n) is 3.31. The quantitative estimate of drug-likeness (QED) is 0.844. The summed E-state index contributed by atoms with van der Waals surface area (Å²) in [6.07, 6.45) is 0. The first kappa shape index (κ1) is 18.0. The number of amides is 2. The molecule has 0 saturated carbocycles. The molecular weight excluding hydrogens is 372 g/mol. The fraction of sp³-hybridized carbons (Fsp3) is 0.222. The summed E-state index contributed by atoms with van der Waals surface area (Å²) in [6.45, 7) is 2.44. The van der Waals surface area contributed by atoms with Crippen molar-refractivity contribution in [2.75, 3.05) is 26.0 Å². The highest BCUT2D eigenvalue weighted by molar-refractivity contribution is 9.10. The van der Waals surface area contributed by atoms with E-state index in [1.54, 1.807) is 56.6 Å². The van der Waals surface area contributed by atoms with Crippen molar-refractivity contribution in [2.24, 2.45) is 0 Å². The third kappa shape index (κ3) is 4.14. The first-order valence-corrected chi connectivity index (χ1v) is 8.27. The summed E-state index contributed by atoms with van der Waals surface area (Å²) in [5, 5.41) is 2.79. The lowest BCUT2D eigenvalue weighted by molar-refractivity contribution is 0.0828. The maximum Gasteiger partial charge on any atom is 0.255 e. The van der Waals surface area contributed by atoms with E-state index in [1.807, 2.05) is 6.92 Å². The number of halogens is 1. The van der Waals surface area contributed by atoms with E-state index in [9.17, 15) is 9.59 Å². The zero-order valence-electron chi connectivity index (χ0n) is 13.8. The van der Waals surface area contributed by atoms with Crippen LogP contribution in [0.3, 0.4) is 0 Å². The van der Waals surface area contributed by atoms with Gasteiger partial charge < -0.3 is 15.0 Å². The molecule has 0 atom stereocenters. The molecule has 0 saturated heterocycles. The van der Waals surface area contributed by atoms with Gasteiger partial charge in [-0.05, 0) is 53.2 Å². The average Bonchev–Trinajstić information content (AvgIpc) is 2.56. The largest absolute Gasteiger partial charge is 0.493 e. The van der Waals surface area contributed by atoms with Gasteiger partial charge in [0.15, 0.2) is 0 Å². The van der Waals surface area contributed by atoms with E-state index < -0.39 is 0 Å². The van der Waals surface area contributed by atoms with Gasteiger partial charge in [-0.15, -0.1) is 0 Å². The molecule has 0 aromatic heterocycles. The van der Waals surface area contributed by atoms with Crippen molar-refractivity contribution in [1.29, 1.82) is 0 Å². The summed E-state index contributed by atoms with van der Waals surface area (Å²) in [5.74, 6) is 0.216. The van der Waals surface area contributed by atoms with Gasteiger partial charge in [-0.2, -0.15) is 0 Å². The monoisotopic (exact) mass is 390 g/mol. The number of benzene rings is 2. The topological polar surface area (TPSA) is 58.6 Å². The summed E-state index contributed by atoms with van der Waals surface area (Å²) >= 11 is 3.39. The molecule has 2 rings (SSSR count). The SMILES string of the molecule is CCOc1ccc(C(=O)Nc2ccccc2C(=O)N(C)C)cc1Br. The molecule has 0 aliphatic carbocycles. The standard InChI is InChI=1S/C18H19BrN2O3/c1-4-24-16-10-9-12(11-14(16)19)17(22)20-15-8-6-5-7-13(15)18(23)21(2)3/h5-11H,4H2,1-3H3,(H,20,22). The molecule has 2 amide bonds. The number of ether oxygens (including phenoxy) is 1. The van der Waals surface area contributed by atoms with Crippen molar-refractivity contribution in [3.63, 3.8) is 0 Å². The van der Waals surface area contributed by atoms with Crippen molar-refractivity contribution >= 4 is 33.4 Å². The van der Waals surface area contributed by atoms with E-state index >= 15 is 0 Å². The predicted octanol–water partition coefficient (Wildman–Crippen LogP) is 3.80. The first-order valence-electron chi connectivity index (χ1n) is 7.48. The summed E-state index contributed by atoms with van der Waals surface area (Å²) in [5.41, 5.74) is 1.39. The molecule has 0 radical (unpaired) electrons. The van der Waals surface area contributed by atoms with E-state index in [0.29, 0.717) is 33.6 Å². The molecule has 0 aliphatic heterocycles. The Bertz CT molecular complexity index is 760. The Morgan fingerprint density at radius 2 is 1.88 bits per heavy atom. The molecule has 6 heteroatoms. The van der Waals surface area contributed by atoms with Crippen molar-refractivity contribution < 1.29 is 14.3 Å². The number of anilines is 1. The molecule has 0 heterocycles. The van der Waals surface area contributed by atoms with Crippen LogP contribution in [0.1, 0.15) is 27.6 Å². The molecule has 0 fully saturated rings. The minimum atomic E-state index is -0.294. The van der Waals surface area contributed by atoms with Crippen molar-refractivity contribution in [2.45, 2.75) is 6.92 Å². The van der Waals surface area contributed by atoms with Gasteiger partial charge in [0, 0.05) is 19.7 Å². The summed E-state index contributed by atoms with van der Waals surface area (Å²) < 4.78 is 6.14. The predicted molar refractivity (Wildman–Crippen MR) is 97.7 cm³/mol. The Morgan fingerprint density at radius 3 is 2.50 bits per heavy atom. The second-order valence-electron chi connectivity index (χ2n) is 5.28. The van der Waals surface area contributed by atoms with E-state index in [2.05, 4.69) is 21.2 Å². The summed E-state index contributed by atoms with van der Waals surface area (Å²) in [6, 6.07) is 12.0. The van der Waals surface area contributed by atoms with E-state index in [4.69, 9.17) is 4.74 Å². The fourth-order valence-corrected chi connectivity index (χ4v) is 2.62. The zero-order chi connectivity index (χ0) is 17.7.